The summed E-state index contributed by atoms with van der Waals surface area (Å²) in [5, 5.41) is 12.0. The molecule has 0 spiro atoms. The molecule has 4 rings (SSSR count). The van der Waals surface area contributed by atoms with Crippen LogP contribution in [0, 0.1) is 6.92 Å². The fourth-order valence-corrected chi connectivity index (χ4v) is 4.45. The maximum Gasteiger partial charge on any atom is 0.126 e. The largest absolute Gasteiger partial charge is 0.492 e. The standard InChI is InChI=1S/C27H30O2/c1-19-15-23-20(18-29-25(23)24(16-19)26(2,3)4)17-27(28,21-11-7-5-8-12-21)22-13-9-6-10-14-22/h5-16,20,28H,17-18H2,1-4H3/t20-/m0/s1. The molecule has 3 aromatic rings. The predicted octanol–water partition coefficient (Wildman–Crippen LogP) is 6.09. The predicted molar refractivity (Wildman–Crippen MR) is 119 cm³/mol. The number of hydrogen-bond acceptors (Lipinski definition) is 2. The zero-order valence-electron chi connectivity index (χ0n) is 17.8. The quantitative estimate of drug-likeness (QED) is 0.587. The molecule has 150 valence electrons. The monoisotopic (exact) mass is 386 g/mol. The summed E-state index contributed by atoms with van der Waals surface area (Å²) in [7, 11) is 0. The second kappa shape index (κ2) is 7.35. The maximum atomic E-state index is 12.0. The summed E-state index contributed by atoms with van der Waals surface area (Å²) in [5.41, 5.74) is 4.50. The van der Waals surface area contributed by atoms with E-state index in [0.29, 0.717) is 13.0 Å². The zero-order valence-corrected chi connectivity index (χ0v) is 17.8. The van der Waals surface area contributed by atoms with Gasteiger partial charge in [0.2, 0.25) is 0 Å². The molecule has 0 radical (unpaired) electrons. The Bertz CT molecular complexity index is 945. The Balaban J connectivity index is 1.78. The number of ether oxygens (including phenoxy) is 1. The fraction of sp³-hybridized carbons (Fsp3) is 0.333. The minimum Gasteiger partial charge on any atom is -0.492 e. The van der Waals surface area contributed by atoms with Gasteiger partial charge in [0, 0.05) is 17.0 Å². The smallest absolute Gasteiger partial charge is 0.126 e. The lowest BCUT2D eigenvalue weighted by Crippen LogP contribution is -2.30. The van der Waals surface area contributed by atoms with E-state index in [4.69, 9.17) is 4.74 Å². The van der Waals surface area contributed by atoms with Crippen LogP contribution in [0.5, 0.6) is 5.75 Å². The van der Waals surface area contributed by atoms with Crippen LogP contribution >= 0.6 is 0 Å². The molecule has 0 saturated heterocycles. The molecule has 0 fully saturated rings. The SMILES string of the molecule is Cc1cc2c(c(C(C)(C)C)c1)OC[C@@H]2CC(O)(c1ccccc1)c1ccccc1. The molecule has 29 heavy (non-hydrogen) atoms. The van der Waals surface area contributed by atoms with Crippen molar-refractivity contribution in [2.24, 2.45) is 0 Å². The van der Waals surface area contributed by atoms with Crippen molar-refractivity contribution >= 4 is 0 Å². The first-order valence-electron chi connectivity index (χ1n) is 10.4. The minimum absolute atomic E-state index is 0.0140. The number of hydrogen-bond donors (Lipinski definition) is 1. The molecule has 2 heteroatoms. The van der Waals surface area contributed by atoms with Crippen molar-refractivity contribution < 1.29 is 9.84 Å². The Hall–Kier alpha value is -2.58. The van der Waals surface area contributed by atoms with Crippen LogP contribution in [0.4, 0.5) is 0 Å². The van der Waals surface area contributed by atoms with Gasteiger partial charge in [0.25, 0.3) is 0 Å². The highest BCUT2D eigenvalue weighted by molar-refractivity contribution is 5.52. The average molecular weight is 387 g/mol. The second-order valence-electron chi connectivity index (χ2n) is 9.29. The number of rotatable bonds is 4. The molecule has 1 heterocycles. The molecule has 0 saturated carbocycles. The summed E-state index contributed by atoms with van der Waals surface area (Å²) in [6, 6.07) is 24.5. The minimum atomic E-state index is -1.07. The van der Waals surface area contributed by atoms with E-state index in [0.717, 1.165) is 16.9 Å². The van der Waals surface area contributed by atoms with Crippen LogP contribution in [-0.2, 0) is 11.0 Å². The van der Waals surface area contributed by atoms with Gasteiger partial charge in [-0.15, -0.1) is 0 Å². The van der Waals surface area contributed by atoms with Crippen LogP contribution in [0.25, 0.3) is 0 Å². The molecular formula is C27H30O2. The van der Waals surface area contributed by atoms with Crippen LogP contribution in [0.2, 0.25) is 0 Å². The summed E-state index contributed by atoms with van der Waals surface area (Å²) in [4.78, 5) is 0. The lowest BCUT2D eigenvalue weighted by Gasteiger charge is -2.32. The molecule has 1 aliphatic heterocycles. The lowest BCUT2D eigenvalue weighted by atomic mass is 9.76. The molecule has 0 unspecified atom stereocenters. The fourth-order valence-electron chi connectivity index (χ4n) is 4.45. The Labute approximate surface area is 174 Å². The van der Waals surface area contributed by atoms with Crippen molar-refractivity contribution in [2.45, 2.75) is 51.0 Å². The first-order valence-corrected chi connectivity index (χ1v) is 10.4. The maximum absolute atomic E-state index is 12.0. The Morgan fingerprint density at radius 3 is 1.97 bits per heavy atom. The molecule has 0 bridgehead atoms. The molecular weight excluding hydrogens is 356 g/mol. The third-order valence-corrected chi connectivity index (χ3v) is 5.98. The third kappa shape index (κ3) is 3.70. The van der Waals surface area contributed by atoms with Gasteiger partial charge in [-0.1, -0.05) is 99.1 Å². The lowest BCUT2D eigenvalue weighted by molar-refractivity contribution is 0.0599. The van der Waals surface area contributed by atoms with Gasteiger partial charge in [-0.3, -0.25) is 0 Å². The van der Waals surface area contributed by atoms with E-state index in [2.05, 4.69) is 39.8 Å². The number of aliphatic hydroxyl groups is 1. The molecule has 0 aromatic heterocycles. The first kappa shape index (κ1) is 19.7. The number of benzene rings is 3. The topological polar surface area (TPSA) is 29.5 Å². The van der Waals surface area contributed by atoms with Crippen molar-refractivity contribution in [3.63, 3.8) is 0 Å². The third-order valence-electron chi connectivity index (χ3n) is 5.98. The molecule has 1 atom stereocenters. The zero-order chi connectivity index (χ0) is 20.6. The van der Waals surface area contributed by atoms with Gasteiger partial charge in [0.15, 0.2) is 0 Å². The van der Waals surface area contributed by atoms with Crippen LogP contribution < -0.4 is 4.74 Å². The van der Waals surface area contributed by atoms with Gasteiger partial charge in [-0.25, -0.2) is 0 Å². The van der Waals surface area contributed by atoms with Crippen molar-refractivity contribution in [2.75, 3.05) is 6.61 Å². The number of fused-ring (bicyclic) bond motifs is 1. The average Bonchev–Trinajstić information content (AvgIpc) is 3.10. The van der Waals surface area contributed by atoms with Gasteiger partial charge >= 0.3 is 0 Å². The van der Waals surface area contributed by atoms with Gasteiger partial charge < -0.3 is 9.84 Å². The van der Waals surface area contributed by atoms with Gasteiger partial charge in [-0.2, -0.15) is 0 Å². The van der Waals surface area contributed by atoms with Crippen molar-refractivity contribution in [3.8, 4) is 5.75 Å². The van der Waals surface area contributed by atoms with Gasteiger partial charge in [-0.05, 0) is 29.9 Å². The Morgan fingerprint density at radius 1 is 0.897 bits per heavy atom. The molecule has 3 aromatic carbocycles. The first-order chi connectivity index (χ1) is 13.8. The molecule has 2 nitrogen and oxygen atoms in total. The van der Waals surface area contributed by atoms with Crippen LogP contribution in [0.1, 0.15) is 60.9 Å². The highest BCUT2D eigenvalue weighted by Gasteiger charge is 2.39. The normalized spacial score (nSPS) is 16.4. The van der Waals surface area contributed by atoms with Crippen LogP contribution in [0.15, 0.2) is 72.8 Å². The van der Waals surface area contributed by atoms with E-state index in [9.17, 15) is 5.11 Å². The summed E-state index contributed by atoms with van der Waals surface area (Å²) in [6.45, 7) is 9.42. The Kier molecular flexibility index (Phi) is 5.00. The summed E-state index contributed by atoms with van der Waals surface area (Å²) < 4.78 is 6.23. The van der Waals surface area contributed by atoms with Crippen molar-refractivity contribution in [1.82, 2.24) is 0 Å². The van der Waals surface area contributed by atoms with Crippen molar-refractivity contribution in [3.05, 3.63) is 101 Å². The van der Waals surface area contributed by atoms with E-state index in [1.807, 2.05) is 60.7 Å². The highest BCUT2D eigenvalue weighted by atomic mass is 16.5. The van der Waals surface area contributed by atoms with Crippen molar-refractivity contribution in [1.29, 1.82) is 0 Å². The summed E-state index contributed by atoms with van der Waals surface area (Å²) in [5.74, 6) is 1.15. The molecule has 1 aliphatic rings. The van der Waals surface area contributed by atoms with E-state index in [1.54, 1.807) is 0 Å². The van der Waals surface area contributed by atoms with E-state index < -0.39 is 5.60 Å². The Morgan fingerprint density at radius 2 is 1.45 bits per heavy atom. The number of aryl methyl sites for hydroxylation is 1. The van der Waals surface area contributed by atoms with E-state index in [-0.39, 0.29) is 11.3 Å². The summed E-state index contributed by atoms with van der Waals surface area (Å²) >= 11 is 0. The summed E-state index contributed by atoms with van der Waals surface area (Å²) in [6.07, 6.45) is 0.584. The van der Waals surface area contributed by atoms with Gasteiger partial charge in [0.1, 0.15) is 11.4 Å². The van der Waals surface area contributed by atoms with Gasteiger partial charge in [0.05, 0.1) is 6.61 Å². The molecule has 0 aliphatic carbocycles. The van der Waals surface area contributed by atoms with Crippen LogP contribution in [0.3, 0.4) is 0 Å². The molecule has 0 amide bonds. The second-order valence-corrected chi connectivity index (χ2v) is 9.29. The molecule has 1 N–H and O–H groups in total. The van der Waals surface area contributed by atoms with E-state index >= 15 is 0 Å². The van der Waals surface area contributed by atoms with E-state index in [1.165, 1.54) is 16.7 Å². The van der Waals surface area contributed by atoms with Crippen LogP contribution in [-0.4, -0.2) is 11.7 Å². The highest BCUT2D eigenvalue weighted by Crippen LogP contribution is 2.47.